The van der Waals surface area contributed by atoms with Crippen LogP contribution in [0.25, 0.3) is 0 Å². The number of nitrogens with zero attached hydrogens (tertiary/aromatic N) is 3. The van der Waals surface area contributed by atoms with E-state index >= 15 is 0 Å². The van der Waals surface area contributed by atoms with Crippen LogP contribution in [0.4, 0.5) is 0 Å². The summed E-state index contributed by atoms with van der Waals surface area (Å²) >= 11 is 1.25. The molecule has 0 aliphatic rings. The smallest absolute Gasteiger partial charge is 0.358 e. The van der Waals surface area contributed by atoms with E-state index in [-0.39, 0.29) is 5.69 Å². The molecule has 0 unspecified atom stereocenters. The van der Waals surface area contributed by atoms with Gasteiger partial charge in [0.05, 0.1) is 25.2 Å². The number of carbonyl (C=O) groups is 1. The second-order valence-corrected chi connectivity index (χ2v) is 4.43. The first-order chi connectivity index (χ1) is 8.60. The van der Waals surface area contributed by atoms with Gasteiger partial charge in [-0.05, 0) is 25.6 Å². The van der Waals surface area contributed by atoms with Crippen LogP contribution in [0.5, 0.6) is 0 Å². The van der Waals surface area contributed by atoms with E-state index < -0.39 is 5.97 Å². The Labute approximate surface area is 108 Å². The van der Waals surface area contributed by atoms with Gasteiger partial charge < -0.3 is 9.15 Å². The van der Waals surface area contributed by atoms with Crippen LogP contribution in [-0.4, -0.2) is 28.0 Å². The number of oxazole rings is 1. The Morgan fingerprint density at radius 2 is 2.11 bits per heavy atom. The van der Waals surface area contributed by atoms with Gasteiger partial charge in [-0.15, -0.1) is 0 Å². The Balaban J connectivity index is 2.13. The average Bonchev–Trinajstić information content (AvgIpc) is 2.68. The normalized spacial score (nSPS) is 10.4. The fraction of sp³-hybridized carbons (Fsp3) is 0.273. The molecule has 0 bridgehead atoms. The van der Waals surface area contributed by atoms with Crippen LogP contribution < -0.4 is 0 Å². The zero-order chi connectivity index (χ0) is 13.1. The van der Waals surface area contributed by atoms with E-state index in [1.807, 2.05) is 13.8 Å². The minimum Gasteiger partial charge on any atom is -0.464 e. The summed E-state index contributed by atoms with van der Waals surface area (Å²) in [6, 6.07) is 0. The average molecular weight is 265 g/mol. The van der Waals surface area contributed by atoms with Crippen LogP contribution in [-0.2, 0) is 4.74 Å². The third-order valence-electron chi connectivity index (χ3n) is 2.22. The molecule has 2 aromatic rings. The van der Waals surface area contributed by atoms with E-state index in [1.54, 1.807) is 0 Å². The highest BCUT2D eigenvalue weighted by Crippen LogP contribution is 2.26. The molecule has 2 rings (SSSR count). The van der Waals surface area contributed by atoms with Crippen molar-refractivity contribution < 1.29 is 13.9 Å². The molecule has 0 radical (unpaired) electrons. The van der Waals surface area contributed by atoms with Gasteiger partial charge in [0, 0.05) is 0 Å². The highest BCUT2D eigenvalue weighted by molar-refractivity contribution is 7.99. The molecule has 0 saturated heterocycles. The molecule has 6 nitrogen and oxygen atoms in total. The first-order valence-corrected chi connectivity index (χ1v) is 5.94. The number of carbonyl (C=O) groups excluding carboxylic acids is 1. The SMILES string of the molecule is COC(=O)c1cnc(Sc2nc(C)c(C)o2)cn1. The maximum absolute atomic E-state index is 11.2. The van der Waals surface area contributed by atoms with Gasteiger partial charge in [0.25, 0.3) is 5.22 Å². The molecular formula is C11H11N3O3S. The van der Waals surface area contributed by atoms with E-state index in [1.165, 1.54) is 31.3 Å². The lowest BCUT2D eigenvalue weighted by molar-refractivity contribution is 0.0593. The monoisotopic (exact) mass is 265 g/mol. The Morgan fingerprint density at radius 1 is 1.33 bits per heavy atom. The highest BCUT2D eigenvalue weighted by Gasteiger charge is 2.11. The Kier molecular flexibility index (Phi) is 3.61. The van der Waals surface area contributed by atoms with E-state index in [0.29, 0.717) is 10.2 Å². The minimum atomic E-state index is -0.512. The second kappa shape index (κ2) is 5.18. The molecular weight excluding hydrogens is 254 g/mol. The second-order valence-electron chi connectivity index (χ2n) is 3.45. The topological polar surface area (TPSA) is 78.1 Å². The van der Waals surface area contributed by atoms with Crippen molar-refractivity contribution in [1.82, 2.24) is 15.0 Å². The van der Waals surface area contributed by atoms with Crippen molar-refractivity contribution >= 4 is 17.7 Å². The van der Waals surface area contributed by atoms with Crippen molar-refractivity contribution in [3.8, 4) is 0 Å². The third kappa shape index (κ3) is 2.67. The number of methoxy groups -OCH3 is 1. The lowest BCUT2D eigenvalue weighted by atomic mass is 10.4. The summed E-state index contributed by atoms with van der Waals surface area (Å²) in [5.74, 6) is 0.263. The zero-order valence-electron chi connectivity index (χ0n) is 10.1. The van der Waals surface area contributed by atoms with Crippen molar-refractivity contribution in [2.75, 3.05) is 7.11 Å². The molecule has 0 saturated carbocycles. The summed E-state index contributed by atoms with van der Waals surface area (Å²) < 4.78 is 9.94. The van der Waals surface area contributed by atoms with Crippen molar-refractivity contribution in [1.29, 1.82) is 0 Å². The van der Waals surface area contributed by atoms with Crippen molar-refractivity contribution in [3.05, 3.63) is 29.5 Å². The third-order valence-corrected chi connectivity index (χ3v) is 2.99. The lowest BCUT2D eigenvalue weighted by Gasteiger charge is -1.98. The molecule has 0 fully saturated rings. The Hall–Kier alpha value is -1.89. The van der Waals surface area contributed by atoms with Crippen molar-refractivity contribution in [3.63, 3.8) is 0 Å². The standard InChI is InChI=1S/C11H11N3O3S/c1-6-7(2)17-11(14-6)18-9-5-12-8(4-13-9)10(15)16-3/h4-5H,1-3H3. The largest absolute Gasteiger partial charge is 0.464 e. The van der Waals surface area contributed by atoms with Crippen LogP contribution in [0.3, 0.4) is 0 Å². The van der Waals surface area contributed by atoms with Crippen LogP contribution in [0.2, 0.25) is 0 Å². The highest BCUT2D eigenvalue weighted by atomic mass is 32.2. The number of aryl methyl sites for hydroxylation is 2. The van der Waals surface area contributed by atoms with Gasteiger partial charge in [-0.3, -0.25) is 0 Å². The summed E-state index contributed by atoms with van der Waals surface area (Å²) in [5, 5.41) is 1.11. The first kappa shape index (κ1) is 12.6. The van der Waals surface area contributed by atoms with E-state index in [9.17, 15) is 4.79 Å². The van der Waals surface area contributed by atoms with Gasteiger partial charge in [0.2, 0.25) is 0 Å². The first-order valence-electron chi connectivity index (χ1n) is 5.12. The van der Waals surface area contributed by atoms with Crippen LogP contribution in [0.1, 0.15) is 21.9 Å². The maximum Gasteiger partial charge on any atom is 0.358 e. The molecule has 0 aromatic carbocycles. The van der Waals surface area contributed by atoms with Crippen LogP contribution >= 0.6 is 11.8 Å². The van der Waals surface area contributed by atoms with E-state index in [0.717, 1.165) is 11.5 Å². The molecule has 0 aliphatic carbocycles. The fourth-order valence-electron chi connectivity index (χ4n) is 1.16. The molecule has 0 amide bonds. The predicted molar refractivity (Wildman–Crippen MR) is 63.5 cm³/mol. The molecule has 18 heavy (non-hydrogen) atoms. The van der Waals surface area contributed by atoms with Crippen molar-refractivity contribution in [2.45, 2.75) is 24.1 Å². The number of rotatable bonds is 3. The molecule has 7 heteroatoms. The summed E-state index contributed by atoms with van der Waals surface area (Å²) in [4.78, 5) is 23.4. The molecule has 0 N–H and O–H groups in total. The van der Waals surface area contributed by atoms with Crippen molar-refractivity contribution in [2.24, 2.45) is 0 Å². The number of hydrogen-bond acceptors (Lipinski definition) is 7. The van der Waals surface area contributed by atoms with E-state index in [4.69, 9.17) is 4.42 Å². The molecule has 2 aromatic heterocycles. The number of hydrogen-bond donors (Lipinski definition) is 0. The van der Waals surface area contributed by atoms with Gasteiger partial charge in [0.15, 0.2) is 5.69 Å². The Bertz CT molecular complexity index is 546. The fourth-order valence-corrected chi connectivity index (χ4v) is 1.89. The van der Waals surface area contributed by atoms with Gasteiger partial charge in [0.1, 0.15) is 10.8 Å². The Morgan fingerprint density at radius 3 is 2.61 bits per heavy atom. The molecule has 94 valence electrons. The number of ether oxygens (including phenoxy) is 1. The molecule has 0 atom stereocenters. The van der Waals surface area contributed by atoms with Crippen LogP contribution in [0.15, 0.2) is 27.1 Å². The molecule has 0 aliphatic heterocycles. The number of aromatic nitrogens is 3. The minimum absolute atomic E-state index is 0.168. The molecule has 2 heterocycles. The lowest BCUT2D eigenvalue weighted by Crippen LogP contribution is -2.04. The quantitative estimate of drug-likeness (QED) is 0.785. The summed E-state index contributed by atoms with van der Waals surface area (Å²) in [7, 11) is 1.30. The molecule has 0 spiro atoms. The number of esters is 1. The van der Waals surface area contributed by atoms with Crippen LogP contribution in [0, 0.1) is 13.8 Å². The predicted octanol–water partition coefficient (Wildman–Crippen LogP) is 2.02. The summed E-state index contributed by atoms with van der Waals surface area (Å²) in [5.41, 5.74) is 1.01. The zero-order valence-corrected chi connectivity index (χ0v) is 10.9. The van der Waals surface area contributed by atoms with E-state index in [2.05, 4.69) is 19.7 Å². The maximum atomic E-state index is 11.2. The summed E-state index contributed by atoms with van der Waals surface area (Å²) in [6.07, 6.45) is 2.84. The summed E-state index contributed by atoms with van der Waals surface area (Å²) in [6.45, 7) is 3.72. The van der Waals surface area contributed by atoms with Gasteiger partial charge in [-0.1, -0.05) is 0 Å². The van der Waals surface area contributed by atoms with Gasteiger partial charge >= 0.3 is 5.97 Å². The van der Waals surface area contributed by atoms with Gasteiger partial charge in [-0.25, -0.2) is 19.7 Å². The van der Waals surface area contributed by atoms with Gasteiger partial charge in [-0.2, -0.15) is 0 Å².